The van der Waals surface area contributed by atoms with Gasteiger partial charge in [0.25, 0.3) is 5.91 Å². The van der Waals surface area contributed by atoms with Crippen molar-refractivity contribution in [1.82, 2.24) is 9.88 Å². The summed E-state index contributed by atoms with van der Waals surface area (Å²) in [5, 5.41) is 3.74. The molecule has 0 saturated heterocycles. The van der Waals surface area contributed by atoms with E-state index in [0.29, 0.717) is 11.4 Å². The van der Waals surface area contributed by atoms with Crippen molar-refractivity contribution >= 4 is 34.1 Å². The summed E-state index contributed by atoms with van der Waals surface area (Å²) in [4.78, 5) is 20.6. The number of thiazole rings is 1. The van der Waals surface area contributed by atoms with Gasteiger partial charge in [0.05, 0.1) is 6.20 Å². The molecule has 1 aromatic carbocycles. The molecule has 1 amide bonds. The molecule has 104 valence electrons. The number of nitrogens with one attached hydrogen (secondary N) is 1. The third kappa shape index (κ3) is 2.66. The van der Waals surface area contributed by atoms with Crippen molar-refractivity contribution in [2.45, 2.75) is 11.4 Å². The number of thioether (sulfide) groups is 1. The van der Waals surface area contributed by atoms with Crippen LogP contribution in [0.3, 0.4) is 0 Å². The van der Waals surface area contributed by atoms with E-state index in [1.807, 2.05) is 35.8 Å². The zero-order valence-corrected chi connectivity index (χ0v) is 12.8. The molecule has 1 aromatic heterocycles. The SMILES string of the molecule is CNc1ncc(C(=O)N2CCSc3ccccc3C2)s1. The minimum absolute atomic E-state index is 0.0707. The Morgan fingerprint density at radius 2 is 2.25 bits per heavy atom. The van der Waals surface area contributed by atoms with Crippen LogP contribution < -0.4 is 5.32 Å². The van der Waals surface area contributed by atoms with Crippen LogP contribution in [0.25, 0.3) is 0 Å². The first-order chi connectivity index (χ1) is 9.78. The Labute approximate surface area is 126 Å². The van der Waals surface area contributed by atoms with Crippen molar-refractivity contribution in [3.05, 3.63) is 40.9 Å². The van der Waals surface area contributed by atoms with Gasteiger partial charge in [-0.25, -0.2) is 4.98 Å². The van der Waals surface area contributed by atoms with Gasteiger partial charge >= 0.3 is 0 Å². The maximum Gasteiger partial charge on any atom is 0.265 e. The van der Waals surface area contributed by atoms with Crippen LogP contribution in [0.15, 0.2) is 35.4 Å². The van der Waals surface area contributed by atoms with E-state index in [2.05, 4.69) is 22.4 Å². The average Bonchev–Trinajstić information content (AvgIpc) is 2.85. The number of amides is 1. The Hall–Kier alpha value is -1.53. The summed E-state index contributed by atoms with van der Waals surface area (Å²) in [6, 6.07) is 8.30. The molecule has 0 spiro atoms. The van der Waals surface area contributed by atoms with Crippen molar-refractivity contribution in [3.63, 3.8) is 0 Å². The molecule has 1 N–H and O–H groups in total. The second kappa shape index (κ2) is 5.85. The fourth-order valence-corrected chi connectivity index (χ4v) is 3.91. The number of aromatic nitrogens is 1. The molecule has 1 aliphatic rings. The molecule has 2 aromatic rings. The van der Waals surface area contributed by atoms with Gasteiger partial charge in [0.1, 0.15) is 4.88 Å². The van der Waals surface area contributed by atoms with Crippen molar-refractivity contribution in [2.24, 2.45) is 0 Å². The highest BCUT2D eigenvalue weighted by atomic mass is 32.2. The zero-order valence-electron chi connectivity index (χ0n) is 11.1. The molecule has 0 fully saturated rings. The van der Waals surface area contributed by atoms with Gasteiger partial charge in [-0.3, -0.25) is 4.79 Å². The molecule has 4 nitrogen and oxygen atoms in total. The standard InChI is InChI=1S/C14H15N3OS2/c1-15-14-16-8-12(20-14)13(18)17-6-7-19-11-5-3-2-4-10(11)9-17/h2-5,8H,6-7,9H2,1H3,(H,15,16). The fourth-order valence-electron chi connectivity index (χ4n) is 2.14. The van der Waals surface area contributed by atoms with E-state index in [9.17, 15) is 4.79 Å². The van der Waals surface area contributed by atoms with Gasteiger partial charge in [-0.2, -0.15) is 0 Å². The molecule has 20 heavy (non-hydrogen) atoms. The summed E-state index contributed by atoms with van der Waals surface area (Å²) in [6.07, 6.45) is 1.66. The summed E-state index contributed by atoms with van der Waals surface area (Å²) < 4.78 is 0. The van der Waals surface area contributed by atoms with Crippen molar-refractivity contribution in [3.8, 4) is 0 Å². The summed E-state index contributed by atoms with van der Waals surface area (Å²) in [5.74, 6) is 1.00. The van der Waals surface area contributed by atoms with Crippen LogP contribution in [0.1, 0.15) is 15.2 Å². The van der Waals surface area contributed by atoms with Crippen LogP contribution in [0.5, 0.6) is 0 Å². The van der Waals surface area contributed by atoms with Gasteiger partial charge in [0, 0.05) is 30.8 Å². The lowest BCUT2D eigenvalue weighted by Crippen LogP contribution is -2.31. The minimum Gasteiger partial charge on any atom is -0.365 e. The smallest absolute Gasteiger partial charge is 0.265 e. The summed E-state index contributed by atoms with van der Waals surface area (Å²) >= 11 is 3.22. The highest BCUT2D eigenvalue weighted by Gasteiger charge is 2.22. The van der Waals surface area contributed by atoms with Crippen LogP contribution in [0.4, 0.5) is 5.13 Å². The van der Waals surface area contributed by atoms with Gasteiger partial charge in [0.2, 0.25) is 0 Å². The molecule has 2 heterocycles. The van der Waals surface area contributed by atoms with E-state index in [0.717, 1.165) is 17.4 Å². The highest BCUT2D eigenvalue weighted by Crippen LogP contribution is 2.28. The Morgan fingerprint density at radius 3 is 3.05 bits per heavy atom. The Kier molecular flexibility index (Phi) is 3.93. The van der Waals surface area contributed by atoms with Crippen LogP contribution in [-0.2, 0) is 6.54 Å². The van der Waals surface area contributed by atoms with E-state index in [4.69, 9.17) is 0 Å². The molecule has 0 radical (unpaired) electrons. The maximum atomic E-state index is 12.6. The van der Waals surface area contributed by atoms with Gasteiger partial charge in [-0.05, 0) is 11.6 Å². The summed E-state index contributed by atoms with van der Waals surface area (Å²) in [7, 11) is 1.81. The average molecular weight is 305 g/mol. The lowest BCUT2D eigenvalue weighted by Gasteiger charge is -2.19. The van der Waals surface area contributed by atoms with Crippen LogP contribution in [-0.4, -0.2) is 35.1 Å². The molecule has 0 unspecified atom stereocenters. The van der Waals surface area contributed by atoms with Crippen LogP contribution in [0, 0.1) is 0 Å². The van der Waals surface area contributed by atoms with E-state index in [1.54, 1.807) is 6.20 Å². The largest absolute Gasteiger partial charge is 0.365 e. The third-order valence-electron chi connectivity index (χ3n) is 3.17. The quantitative estimate of drug-likeness (QED) is 0.926. The van der Waals surface area contributed by atoms with Crippen molar-refractivity contribution < 1.29 is 4.79 Å². The van der Waals surface area contributed by atoms with Crippen molar-refractivity contribution in [2.75, 3.05) is 24.7 Å². The zero-order chi connectivity index (χ0) is 13.9. The maximum absolute atomic E-state index is 12.6. The topological polar surface area (TPSA) is 45.2 Å². The first-order valence-electron chi connectivity index (χ1n) is 6.41. The van der Waals surface area contributed by atoms with E-state index in [-0.39, 0.29) is 5.91 Å². The lowest BCUT2D eigenvalue weighted by molar-refractivity contribution is 0.0759. The van der Waals surface area contributed by atoms with Crippen LogP contribution in [0.2, 0.25) is 0 Å². The number of hydrogen-bond donors (Lipinski definition) is 1. The third-order valence-corrected chi connectivity index (χ3v) is 5.27. The summed E-state index contributed by atoms with van der Waals surface area (Å²) in [5.41, 5.74) is 1.22. The highest BCUT2D eigenvalue weighted by molar-refractivity contribution is 7.99. The Morgan fingerprint density at radius 1 is 1.40 bits per heavy atom. The molecule has 0 bridgehead atoms. The first-order valence-corrected chi connectivity index (χ1v) is 8.21. The first kappa shape index (κ1) is 13.5. The normalized spacial score (nSPS) is 14.6. The Balaban J connectivity index is 1.82. The Bertz CT molecular complexity index is 626. The second-order valence-corrected chi connectivity index (χ2v) is 6.63. The molecule has 0 atom stereocenters. The second-order valence-electron chi connectivity index (χ2n) is 4.46. The number of rotatable bonds is 2. The van der Waals surface area contributed by atoms with Gasteiger partial charge in [-0.1, -0.05) is 29.5 Å². The van der Waals surface area contributed by atoms with Gasteiger partial charge in [-0.15, -0.1) is 11.8 Å². The van der Waals surface area contributed by atoms with Gasteiger partial charge in [0.15, 0.2) is 5.13 Å². The number of carbonyl (C=O) groups is 1. The fraction of sp³-hybridized carbons (Fsp3) is 0.286. The lowest BCUT2D eigenvalue weighted by atomic mass is 10.2. The molecule has 1 aliphatic heterocycles. The number of benzene rings is 1. The molecule has 0 aliphatic carbocycles. The molecular formula is C14H15N3OS2. The molecule has 3 rings (SSSR count). The van der Waals surface area contributed by atoms with Crippen molar-refractivity contribution in [1.29, 1.82) is 0 Å². The number of nitrogens with zero attached hydrogens (tertiary/aromatic N) is 2. The van der Waals surface area contributed by atoms with E-state index < -0.39 is 0 Å². The molecule has 0 saturated carbocycles. The predicted octanol–water partition coefficient (Wildman–Crippen LogP) is 2.93. The van der Waals surface area contributed by atoms with E-state index >= 15 is 0 Å². The monoisotopic (exact) mass is 305 g/mol. The van der Waals surface area contributed by atoms with Gasteiger partial charge < -0.3 is 10.2 Å². The number of anilines is 1. The minimum atomic E-state index is 0.0707. The van der Waals surface area contributed by atoms with E-state index in [1.165, 1.54) is 21.8 Å². The number of carbonyl (C=O) groups excluding carboxylic acids is 1. The summed E-state index contributed by atoms with van der Waals surface area (Å²) in [6.45, 7) is 1.44. The molecule has 6 heteroatoms. The molecular weight excluding hydrogens is 290 g/mol. The number of hydrogen-bond acceptors (Lipinski definition) is 5. The predicted molar refractivity (Wildman–Crippen MR) is 83.6 cm³/mol. The van der Waals surface area contributed by atoms with Crippen LogP contribution >= 0.6 is 23.1 Å². The number of fused-ring (bicyclic) bond motifs is 1.